The second-order valence-corrected chi connectivity index (χ2v) is 9.00. The van der Waals surface area contributed by atoms with E-state index in [0.29, 0.717) is 17.7 Å². The van der Waals surface area contributed by atoms with E-state index >= 15 is 0 Å². The maximum absolute atomic E-state index is 11.2. The molecule has 32 heavy (non-hydrogen) atoms. The number of aromatic nitrogens is 5. The number of rotatable bonds is 7. The Labute approximate surface area is 186 Å². The number of aliphatic hydroxyl groups excluding tert-OH is 1. The number of fused-ring (bicyclic) bond motifs is 1. The quantitative estimate of drug-likeness (QED) is 0.608. The average Bonchev–Trinajstić information content (AvgIpc) is 3.22. The van der Waals surface area contributed by atoms with Gasteiger partial charge in [0.25, 0.3) is 0 Å². The second kappa shape index (κ2) is 8.31. The van der Waals surface area contributed by atoms with Crippen molar-refractivity contribution >= 4 is 0 Å². The van der Waals surface area contributed by atoms with Gasteiger partial charge < -0.3 is 19.1 Å². The second-order valence-electron chi connectivity index (χ2n) is 9.00. The molecule has 0 spiro atoms. The minimum Gasteiger partial charge on any atom is -0.493 e. The maximum atomic E-state index is 11.2. The van der Waals surface area contributed by atoms with Crippen LogP contribution in [0.2, 0.25) is 0 Å². The molecule has 1 saturated heterocycles. The molecule has 3 aliphatic rings. The van der Waals surface area contributed by atoms with E-state index in [1.165, 1.54) is 12.8 Å². The normalized spacial score (nSPS) is 22.7. The molecular weight excluding hydrogens is 408 g/mol. The summed E-state index contributed by atoms with van der Waals surface area (Å²) < 4.78 is 15.1. The van der Waals surface area contributed by atoms with Crippen LogP contribution in [0, 0.1) is 5.92 Å². The molecule has 1 N–H and O–H groups in total. The molecule has 1 saturated carbocycles. The topological polar surface area (TPSA) is 90.5 Å². The third kappa shape index (κ3) is 3.80. The summed E-state index contributed by atoms with van der Waals surface area (Å²) >= 11 is 0. The number of benzene rings is 1. The summed E-state index contributed by atoms with van der Waals surface area (Å²) in [5, 5.41) is 19.7. The number of ether oxygens (including phenoxy) is 2. The average molecular weight is 437 g/mol. The predicted octanol–water partition coefficient (Wildman–Crippen LogP) is 2.48. The Morgan fingerprint density at radius 1 is 1.12 bits per heavy atom. The van der Waals surface area contributed by atoms with Crippen molar-refractivity contribution in [2.45, 2.75) is 50.5 Å². The molecule has 3 aromatic rings. The van der Waals surface area contributed by atoms with E-state index in [0.717, 1.165) is 56.3 Å². The molecule has 1 aliphatic carbocycles. The van der Waals surface area contributed by atoms with Gasteiger partial charge in [0.15, 0.2) is 0 Å². The van der Waals surface area contributed by atoms with Crippen molar-refractivity contribution in [1.82, 2.24) is 29.4 Å². The zero-order valence-corrected chi connectivity index (χ0v) is 18.0. The Morgan fingerprint density at radius 3 is 2.72 bits per heavy atom. The summed E-state index contributed by atoms with van der Waals surface area (Å²) in [6.07, 6.45) is 8.99. The van der Waals surface area contributed by atoms with Crippen LogP contribution in [0.25, 0.3) is 5.69 Å². The number of hydrogen-bond acceptors (Lipinski definition) is 7. The van der Waals surface area contributed by atoms with Crippen LogP contribution in [0.3, 0.4) is 0 Å². The van der Waals surface area contributed by atoms with Gasteiger partial charge in [-0.25, -0.2) is 9.67 Å². The van der Waals surface area contributed by atoms with Crippen molar-refractivity contribution in [3.05, 3.63) is 54.4 Å². The van der Waals surface area contributed by atoms with Crippen molar-refractivity contribution in [3.63, 3.8) is 0 Å². The van der Waals surface area contributed by atoms with Crippen molar-refractivity contribution < 1.29 is 14.6 Å². The molecule has 9 heteroatoms. The molecule has 9 nitrogen and oxygen atoms in total. The predicted molar refractivity (Wildman–Crippen MR) is 115 cm³/mol. The van der Waals surface area contributed by atoms with Gasteiger partial charge in [0.05, 0.1) is 30.5 Å². The largest absolute Gasteiger partial charge is 0.493 e. The van der Waals surface area contributed by atoms with Gasteiger partial charge in [-0.3, -0.25) is 4.90 Å². The van der Waals surface area contributed by atoms with Crippen LogP contribution < -0.4 is 4.74 Å². The number of aliphatic hydroxyl groups is 1. The standard InChI is InChI=1S/C23H28N6O3/c30-22(23-27(17-1-2-17)12-19-11-24-15-28(19)23)21-13-29(26-25-21)18-3-5-20(6-4-18)32-14-16-7-9-31-10-8-16/h3-6,11,13,15-17,22-23,30H,1-2,7-10,12,14H2/t22-,23?/m1/s1. The first-order valence-corrected chi connectivity index (χ1v) is 11.4. The molecule has 2 fully saturated rings. The maximum Gasteiger partial charge on any atom is 0.134 e. The van der Waals surface area contributed by atoms with Gasteiger partial charge in [-0.1, -0.05) is 5.21 Å². The van der Waals surface area contributed by atoms with Crippen molar-refractivity contribution in [1.29, 1.82) is 0 Å². The molecule has 2 aromatic heterocycles. The smallest absolute Gasteiger partial charge is 0.134 e. The van der Waals surface area contributed by atoms with Crippen LogP contribution in [-0.4, -0.2) is 60.4 Å². The molecule has 6 rings (SSSR count). The molecule has 2 aliphatic heterocycles. The lowest BCUT2D eigenvalue weighted by molar-refractivity contribution is 0.0157. The zero-order valence-electron chi connectivity index (χ0n) is 18.0. The highest BCUT2D eigenvalue weighted by Crippen LogP contribution is 2.43. The van der Waals surface area contributed by atoms with Crippen molar-refractivity contribution in [2.24, 2.45) is 5.92 Å². The Morgan fingerprint density at radius 2 is 1.94 bits per heavy atom. The number of hydrogen-bond donors (Lipinski definition) is 1. The Bertz CT molecular complexity index is 1050. The first-order chi connectivity index (χ1) is 15.8. The summed E-state index contributed by atoms with van der Waals surface area (Å²) in [6, 6.07) is 8.36. The van der Waals surface area contributed by atoms with Crippen LogP contribution in [0.1, 0.15) is 49.3 Å². The molecule has 4 heterocycles. The van der Waals surface area contributed by atoms with Crippen LogP contribution in [0.4, 0.5) is 0 Å². The summed E-state index contributed by atoms with van der Waals surface area (Å²) in [4.78, 5) is 6.61. The number of nitrogens with zero attached hydrogens (tertiary/aromatic N) is 6. The molecule has 0 bridgehead atoms. The van der Waals surface area contributed by atoms with Gasteiger partial charge in [-0.15, -0.1) is 5.10 Å². The molecule has 0 radical (unpaired) electrons. The van der Waals surface area contributed by atoms with E-state index in [1.54, 1.807) is 11.0 Å². The molecule has 0 amide bonds. The van der Waals surface area contributed by atoms with E-state index in [9.17, 15) is 5.11 Å². The van der Waals surface area contributed by atoms with E-state index < -0.39 is 6.10 Å². The minimum absolute atomic E-state index is 0.189. The lowest BCUT2D eigenvalue weighted by Gasteiger charge is -2.28. The van der Waals surface area contributed by atoms with Crippen LogP contribution in [0.15, 0.2) is 43.0 Å². The zero-order chi connectivity index (χ0) is 21.5. The van der Waals surface area contributed by atoms with Gasteiger partial charge in [0, 0.05) is 32.0 Å². The third-order valence-electron chi connectivity index (χ3n) is 6.76. The Hall–Kier alpha value is -2.75. The molecule has 1 aromatic carbocycles. The first kappa shape index (κ1) is 19.9. The summed E-state index contributed by atoms with van der Waals surface area (Å²) in [6.45, 7) is 3.19. The highest BCUT2D eigenvalue weighted by Gasteiger charge is 2.44. The van der Waals surface area contributed by atoms with Crippen molar-refractivity contribution in [3.8, 4) is 11.4 Å². The fraction of sp³-hybridized carbons (Fsp3) is 0.522. The van der Waals surface area contributed by atoms with Gasteiger partial charge in [0.2, 0.25) is 0 Å². The van der Waals surface area contributed by atoms with Gasteiger partial charge in [-0.05, 0) is 55.9 Å². The SMILES string of the molecule is O[C@H](c1cn(-c2ccc(OCC3CCOCC3)cc2)nn1)C1N(C2CC2)Cc2cncn21. The molecular formula is C23H28N6O3. The van der Waals surface area contributed by atoms with Crippen molar-refractivity contribution in [2.75, 3.05) is 19.8 Å². The summed E-state index contributed by atoms with van der Waals surface area (Å²) in [5.74, 6) is 1.41. The lowest BCUT2D eigenvalue weighted by atomic mass is 10.0. The van der Waals surface area contributed by atoms with E-state index in [4.69, 9.17) is 9.47 Å². The first-order valence-electron chi connectivity index (χ1n) is 11.4. The van der Waals surface area contributed by atoms with Crippen LogP contribution in [-0.2, 0) is 11.3 Å². The van der Waals surface area contributed by atoms with E-state index in [1.807, 2.05) is 36.7 Å². The lowest BCUT2D eigenvalue weighted by Crippen LogP contribution is -2.31. The number of imidazole rings is 1. The highest BCUT2D eigenvalue weighted by atomic mass is 16.5. The van der Waals surface area contributed by atoms with E-state index in [2.05, 4.69) is 24.8 Å². The Balaban J connectivity index is 1.14. The third-order valence-corrected chi connectivity index (χ3v) is 6.76. The molecule has 168 valence electrons. The fourth-order valence-corrected chi connectivity index (χ4v) is 4.73. The van der Waals surface area contributed by atoms with E-state index in [-0.39, 0.29) is 6.17 Å². The summed E-state index contributed by atoms with van der Waals surface area (Å²) in [7, 11) is 0. The van der Waals surface area contributed by atoms with Crippen LogP contribution >= 0.6 is 0 Å². The Kier molecular flexibility index (Phi) is 5.17. The fourth-order valence-electron chi connectivity index (χ4n) is 4.73. The van der Waals surface area contributed by atoms with Gasteiger partial charge in [-0.2, -0.15) is 0 Å². The van der Waals surface area contributed by atoms with Crippen LogP contribution in [0.5, 0.6) is 5.75 Å². The monoisotopic (exact) mass is 436 g/mol. The van der Waals surface area contributed by atoms with Gasteiger partial charge in [0.1, 0.15) is 23.7 Å². The van der Waals surface area contributed by atoms with Gasteiger partial charge >= 0.3 is 0 Å². The highest BCUT2D eigenvalue weighted by molar-refractivity contribution is 5.36. The molecule has 2 atom stereocenters. The summed E-state index contributed by atoms with van der Waals surface area (Å²) in [5.41, 5.74) is 2.56. The minimum atomic E-state index is -0.776. The molecule has 1 unspecified atom stereocenters.